The van der Waals surface area contributed by atoms with Gasteiger partial charge in [0.05, 0.1) is 12.5 Å². The van der Waals surface area contributed by atoms with Crippen molar-refractivity contribution in [3.8, 4) is 0 Å². The summed E-state index contributed by atoms with van der Waals surface area (Å²) in [6, 6.07) is 10.2. The van der Waals surface area contributed by atoms with Gasteiger partial charge in [0.1, 0.15) is 0 Å². The Bertz CT molecular complexity index is 733. The molecule has 24 heavy (non-hydrogen) atoms. The highest BCUT2D eigenvalue weighted by molar-refractivity contribution is 7.73. The summed E-state index contributed by atoms with van der Waals surface area (Å²) in [5.74, 6) is 0.544. The van der Waals surface area contributed by atoms with Gasteiger partial charge in [-0.05, 0) is 43.5 Å². The van der Waals surface area contributed by atoms with E-state index in [1.165, 1.54) is 11.3 Å². The third kappa shape index (κ3) is 4.53. The van der Waals surface area contributed by atoms with Gasteiger partial charge in [0, 0.05) is 23.8 Å². The zero-order valence-corrected chi connectivity index (χ0v) is 15.3. The van der Waals surface area contributed by atoms with Gasteiger partial charge >= 0.3 is 0 Å². The number of carbonyl (C=O) groups is 1. The molecule has 1 aliphatic rings. The molecule has 2 N–H and O–H groups in total. The van der Waals surface area contributed by atoms with E-state index in [4.69, 9.17) is 17.0 Å². The van der Waals surface area contributed by atoms with Crippen LogP contribution in [0.3, 0.4) is 0 Å². The number of aromatic amines is 1. The second kappa shape index (κ2) is 8.05. The predicted molar refractivity (Wildman–Crippen MR) is 98.8 cm³/mol. The van der Waals surface area contributed by atoms with Gasteiger partial charge in [-0.25, -0.2) is 0 Å². The first-order valence-corrected chi connectivity index (χ1v) is 9.45. The van der Waals surface area contributed by atoms with Crippen molar-refractivity contribution in [1.82, 2.24) is 10.3 Å². The number of rotatable bonds is 6. The molecule has 2 heterocycles. The summed E-state index contributed by atoms with van der Waals surface area (Å²) in [4.78, 5) is 16.6. The Balaban J connectivity index is 1.69. The smallest absolute Gasteiger partial charge is 0.225 e. The standard InChI is InChI=1S/C18H22N2O2S2/c1-12-16(24-18(23)19-12)10-17(21)20-15(9-13-7-8-22-11-13)14-5-3-2-4-6-14/h2-6,13,15H,7-11H2,1H3,(H,19,23)(H,20,21)/t13-,15+/m1/s1. The molecule has 0 aliphatic carbocycles. The maximum atomic E-state index is 12.5. The van der Waals surface area contributed by atoms with E-state index in [9.17, 15) is 4.79 Å². The molecular weight excluding hydrogens is 340 g/mol. The lowest BCUT2D eigenvalue weighted by molar-refractivity contribution is -0.121. The topological polar surface area (TPSA) is 54.1 Å². The van der Waals surface area contributed by atoms with Gasteiger partial charge in [-0.15, -0.1) is 11.3 Å². The molecule has 6 heteroatoms. The van der Waals surface area contributed by atoms with Gasteiger partial charge in [0.15, 0.2) is 3.95 Å². The van der Waals surface area contributed by atoms with Crippen LogP contribution >= 0.6 is 23.6 Å². The van der Waals surface area contributed by atoms with Crippen molar-refractivity contribution in [3.63, 3.8) is 0 Å². The predicted octanol–water partition coefficient (Wildman–Crippen LogP) is 3.94. The molecule has 1 aromatic heterocycles. The number of aromatic nitrogens is 1. The van der Waals surface area contributed by atoms with Gasteiger partial charge in [0.2, 0.25) is 5.91 Å². The van der Waals surface area contributed by atoms with Crippen LogP contribution < -0.4 is 5.32 Å². The molecule has 0 radical (unpaired) electrons. The second-order valence-electron chi connectivity index (χ2n) is 6.24. The Labute approximate surface area is 151 Å². The molecule has 0 spiro atoms. The highest BCUT2D eigenvalue weighted by Crippen LogP contribution is 2.27. The first-order chi connectivity index (χ1) is 11.6. The minimum Gasteiger partial charge on any atom is -0.381 e. The zero-order valence-electron chi connectivity index (χ0n) is 13.7. The van der Waals surface area contributed by atoms with E-state index in [-0.39, 0.29) is 11.9 Å². The number of benzene rings is 1. The molecule has 0 unspecified atom stereocenters. The van der Waals surface area contributed by atoms with Crippen LogP contribution in [0.4, 0.5) is 0 Å². The van der Waals surface area contributed by atoms with Crippen LogP contribution in [-0.4, -0.2) is 24.1 Å². The summed E-state index contributed by atoms with van der Waals surface area (Å²) in [5, 5.41) is 3.21. The molecule has 1 amide bonds. The van der Waals surface area contributed by atoms with Crippen molar-refractivity contribution in [3.05, 3.63) is 50.4 Å². The van der Waals surface area contributed by atoms with E-state index in [0.717, 1.165) is 46.1 Å². The van der Waals surface area contributed by atoms with Gasteiger partial charge in [-0.2, -0.15) is 0 Å². The number of hydrogen-bond donors (Lipinski definition) is 2. The van der Waals surface area contributed by atoms with E-state index in [1.54, 1.807) is 0 Å². The van der Waals surface area contributed by atoms with Crippen LogP contribution in [0, 0.1) is 16.8 Å². The van der Waals surface area contributed by atoms with Crippen LogP contribution in [0.2, 0.25) is 0 Å². The summed E-state index contributed by atoms with van der Waals surface area (Å²) < 4.78 is 6.21. The molecule has 2 aromatic rings. The number of ether oxygens (including phenoxy) is 1. The molecular formula is C18H22N2O2S2. The lowest BCUT2D eigenvalue weighted by Crippen LogP contribution is -2.31. The van der Waals surface area contributed by atoms with Crippen molar-refractivity contribution in [2.45, 2.75) is 32.2 Å². The van der Waals surface area contributed by atoms with Crippen LogP contribution in [0.5, 0.6) is 0 Å². The molecule has 1 aromatic carbocycles. The molecule has 2 atom stereocenters. The van der Waals surface area contributed by atoms with E-state index in [0.29, 0.717) is 12.3 Å². The number of amides is 1. The van der Waals surface area contributed by atoms with Gasteiger partial charge in [-0.1, -0.05) is 30.3 Å². The fourth-order valence-electron chi connectivity index (χ4n) is 3.06. The molecule has 0 saturated carbocycles. The van der Waals surface area contributed by atoms with Crippen LogP contribution in [0.1, 0.15) is 35.0 Å². The van der Waals surface area contributed by atoms with Crippen molar-refractivity contribution in [2.24, 2.45) is 5.92 Å². The van der Waals surface area contributed by atoms with E-state index < -0.39 is 0 Å². The van der Waals surface area contributed by atoms with Gasteiger partial charge in [0.25, 0.3) is 0 Å². The molecule has 4 nitrogen and oxygen atoms in total. The highest BCUT2D eigenvalue weighted by Gasteiger charge is 2.23. The van der Waals surface area contributed by atoms with Crippen LogP contribution in [0.25, 0.3) is 0 Å². The normalized spacial score (nSPS) is 18.5. The third-order valence-electron chi connectivity index (χ3n) is 4.38. The summed E-state index contributed by atoms with van der Waals surface area (Å²) >= 11 is 6.63. The Morgan fingerprint density at radius 2 is 2.25 bits per heavy atom. The second-order valence-corrected chi connectivity index (χ2v) is 8.01. The van der Waals surface area contributed by atoms with Crippen LogP contribution in [0.15, 0.2) is 30.3 Å². The molecule has 0 bridgehead atoms. The lowest BCUT2D eigenvalue weighted by atomic mass is 9.94. The Morgan fingerprint density at radius 1 is 1.46 bits per heavy atom. The monoisotopic (exact) mass is 362 g/mol. The quantitative estimate of drug-likeness (QED) is 0.765. The third-order valence-corrected chi connectivity index (χ3v) is 5.71. The van der Waals surface area contributed by atoms with Crippen LogP contribution in [-0.2, 0) is 16.0 Å². The Morgan fingerprint density at radius 3 is 2.88 bits per heavy atom. The van der Waals surface area contributed by atoms with Crippen molar-refractivity contribution >= 4 is 29.5 Å². The maximum absolute atomic E-state index is 12.5. The maximum Gasteiger partial charge on any atom is 0.225 e. The summed E-state index contributed by atoms with van der Waals surface area (Å²) in [5.41, 5.74) is 2.14. The zero-order chi connectivity index (χ0) is 16.9. The number of hydrogen-bond acceptors (Lipinski definition) is 4. The van der Waals surface area contributed by atoms with E-state index in [1.807, 2.05) is 25.1 Å². The molecule has 1 aliphatic heterocycles. The first-order valence-electron chi connectivity index (χ1n) is 8.22. The van der Waals surface area contributed by atoms with E-state index >= 15 is 0 Å². The summed E-state index contributed by atoms with van der Waals surface area (Å²) in [7, 11) is 0. The lowest BCUT2D eigenvalue weighted by Gasteiger charge is -2.22. The number of nitrogens with one attached hydrogen (secondary N) is 2. The Kier molecular flexibility index (Phi) is 5.81. The summed E-state index contributed by atoms with van der Waals surface area (Å²) in [6.07, 6.45) is 2.35. The van der Waals surface area contributed by atoms with Crippen molar-refractivity contribution in [1.29, 1.82) is 0 Å². The average Bonchev–Trinajstić information content (AvgIpc) is 3.17. The summed E-state index contributed by atoms with van der Waals surface area (Å²) in [6.45, 7) is 3.57. The number of thiazole rings is 1. The number of aryl methyl sites for hydroxylation is 1. The fraction of sp³-hybridized carbons (Fsp3) is 0.444. The molecule has 128 valence electrons. The van der Waals surface area contributed by atoms with Crippen molar-refractivity contribution in [2.75, 3.05) is 13.2 Å². The average molecular weight is 363 g/mol. The highest BCUT2D eigenvalue weighted by atomic mass is 32.1. The fourth-order valence-corrected chi connectivity index (χ4v) is 4.35. The SMILES string of the molecule is Cc1[nH]c(=S)sc1CC(=O)N[C@@H](C[C@H]1CCOC1)c1ccccc1. The molecule has 1 fully saturated rings. The van der Waals surface area contributed by atoms with E-state index in [2.05, 4.69) is 22.4 Å². The number of H-pyrrole nitrogens is 1. The molecule has 1 saturated heterocycles. The minimum atomic E-state index is 0.0256. The first kappa shape index (κ1) is 17.3. The van der Waals surface area contributed by atoms with Gasteiger partial charge < -0.3 is 15.0 Å². The van der Waals surface area contributed by atoms with Gasteiger partial charge in [-0.3, -0.25) is 4.79 Å². The van der Waals surface area contributed by atoms with Crippen molar-refractivity contribution < 1.29 is 9.53 Å². The molecule has 3 rings (SSSR count). The minimum absolute atomic E-state index is 0.0256. The largest absolute Gasteiger partial charge is 0.381 e. The Hall–Kier alpha value is -1.50. The number of carbonyl (C=O) groups excluding carboxylic acids is 1.